The summed E-state index contributed by atoms with van der Waals surface area (Å²) in [6, 6.07) is 9.18. The molecule has 1 unspecified atom stereocenters. The third-order valence-electron chi connectivity index (χ3n) is 3.41. The largest absolute Gasteiger partial charge is 0.493 e. The fourth-order valence-corrected chi connectivity index (χ4v) is 2.65. The molecule has 0 spiro atoms. The fraction of sp³-hybridized carbons (Fsp3) is 0.250. The van der Waals surface area contributed by atoms with Crippen molar-refractivity contribution in [1.82, 2.24) is 5.32 Å². The topological polar surface area (TPSA) is 49.0 Å². The van der Waals surface area contributed by atoms with Gasteiger partial charge in [0.25, 0.3) is 0 Å². The molecule has 6 heteroatoms. The van der Waals surface area contributed by atoms with Crippen LogP contribution in [0.2, 0.25) is 5.02 Å². The average Bonchev–Trinajstić information content (AvgIpc) is 2.96. The lowest BCUT2D eigenvalue weighted by Gasteiger charge is -2.14. The molecule has 3 rings (SSSR count). The summed E-state index contributed by atoms with van der Waals surface area (Å²) in [7, 11) is 4.95. The van der Waals surface area contributed by atoms with Gasteiger partial charge in [0.1, 0.15) is 0 Å². The molecule has 2 aromatic carbocycles. The lowest BCUT2D eigenvalue weighted by Crippen LogP contribution is -2.32. The smallest absolute Gasteiger partial charge is 0.302 e. The second-order valence-corrected chi connectivity index (χ2v) is 5.11. The maximum Gasteiger partial charge on any atom is 0.302 e. The van der Waals surface area contributed by atoms with Gasteiger partial charge in [-0.25, -0.2) is 0 Å². The van der Waals surface area contributed by atoms with Gasteiger partial charge in [0.15, 0.2) is 23.0 Å². The molecule has 1 N–H and O–H groups in total. The van der Waals surface area contributed by atoms with E-state index in [0.717, 1.165) is 11.1 Å². The van der Waals surface area contributed by atoms with E-state index in [4.69, 9.17) is 30.5 Å². The molecule has 1 atom stereocenters. The number of hydrogen-bond donors (Lipinski definition) is 1. The molecule has 2 aromatic rings. The summed E-state index contributed by atoms with van der Waals surface area (Å²) in [5, 5.41) is 3.47. The maximum absolute atomic E-state index is 6.21. The van der Waals surface area contributed by atoms with Crippen molar-refractivity contribution in [2.45, 2.75) is 6.41 Å². The lowest BCUT2D eigenvalue weighted by molar-refractivity contribution is 0.0257. The van der Waals surface area contributed by atoms with E-state index in [-0.39, 0.29) is 0 Å². The van der Waals surface area contributed by atoms with Gasteiger partial charge in [-0.3, -0.25) is 5.32 Å². The molecule has 1 heterocycles. The highest BCUT2D eigenvalue weighted by Gasteiger charge is 2.28. The Morgan fingerprint density at radius 2 is 1.91 bits per heavy atom. The van der Waals surface area contributed by atoms with Crippen LogP contribution in [0.5, 0.6) is 23.0 Å². The minimum atomic E-state index is -0.538. The lowest BCUT2D eigenvalue weighted by atomic mass is 10.0. The maximum atomic E-state index is 6.21. The Labute approximate surface area is 133 Å². The molecule has 5 nitrogen and oxygen atoms in total. The summed E-state index contributed by atoms with van der Waals surface area (Å²) >= 11 is 6.21. The Hall–Kier alpha value is -2.11. The number of halogens is 1. The van der Waals surface area contributed by atoms with Crippen LogP contribution in [0, 0.1) is 0 Å². The van der Waals surface area contributed by atoms with Crippen LogP contribution in [0.15, 0.2) is 30.3 Å². The Morgan fingerprint density at radius 1 is 1.09 bits per heavy atom. The number of para-hydroxylation sites is 1. The second-order valence-electron chi connectivity index (χ2n) is 4.68. The molecular weight excluding hydrogens is 306 g/mol. The highest BCUT2D eigenvalue weighted by Crippen LogP contribution is 2.48. The van der Waals surface area contributed by atoms with Gasteiger partial charge < -0.3 is 18.9 Å². The van der Waals surface area contributed by atoms with Crippen molar-refractivity contribution in [1.29, 1.82) is 0 Å². The van der Waals surface area contributed by atoms with E-state index in [2.05, 4.69) is 5.32 Å². The van der Waals surface area contributed by atoms with Gasteiger partial charge in [0.2, 0.25) is 0 Å². The van der Waals surface area contributed by atoms with Crippen LogP contribution in [-0.2, 0) is 0 Å². The molecule has 0 bridgehead atoms. The van der Waals surface area contributed by atoms with Crippen molar-refractivity contribution >= 4 is 11.6 Å². The van der Waals surface area contributed by atoms with Crippen molar-refractivity contribution in [3.8, 4) is 34.1 Å². The number of hydrogen-bond acceptors (Lipinski definition) is 5. The zero-order valence-electron chi connectivity index (χ0n) is 12.5. The summed E-state index contributed by atoms with van der Waals surface area (Å²) in [4.78, 5) is 0. The predicted octanol–water partition coefficient (Wildman–Crippen LogP) is 3.30. The van der Waals surface area contributed by atoms with Gasteiger partial charge in [-0.1, -0.05) is 23.7 Å². The van der Waals surface area contributed by atoms with Crippen molar-refractivity contribution < 1.29 is 18.9 Å². The van der Waals surface area contributed by atoms with E-state index < -0.39 is 6.41 Å². The molecule has 0 aromatic heterocycles. The Kier molecular flexibility index (Phi) is 4.00. The Morgan fingerprint density at radius 3 is 2.59 bits per heavy atom. The van der Waals surface area contributed by atoms with Crippen LogP contribution in [0.4, 0.5) is 0 Å². The molecule has 0 saturated carbocycles. The van der Waals surface area contributed by atoms with E-state index in [1.165, 1.54) is 0 Å². The summed E-state index contributed by atoms with van der Waals surface area (Å²) in [6.45, 7) is 0. The number of methoxy groups -OCH3 is 2. The van der Waals surface area contributed by atoms with Crippen LogP contribution >= 0.6 is 11.6 Å². The molecule has 116 valence electrons. The Balaban J connectivity index is 2.19. The van der Waals surface area contributed by atoms with E-state index in [1.54, 1.807) is 27.3 Å². The van der Waals surface area contributed by atoms with Crippen molar-refractivity contribution in [3.63, 3.8) is 0 Å². The minimum Gasteiger partial charge on any atom is -0.493 e. The number of fused-ring (bicyclic) bond motifs is 1. The quantitative estimate of drug-likeness (QED) is 0.936. The zero-order chi connectivity index (χ0) is 15.7. The first-order valence-corrected chi connectivity index (χ1v) is 7.11. The SMILES string of the molecule is CNC1Oc2cc(Cl)cc(-c3cccc(OC)c3OC)c2O1. The number of ether oxygens (including phenoxy) is 4. The van der Waals surface area contributed by atoms with Crippen molar-refractivity contribution in [2.75, 3.05) is 21.3 Å². The molecule has 0 saturated heterocycles. The number of benzene rings is 2. The summed E-state index contributed by atoms with van der Waals surface area (Å²) in [6.07, 6.45) is -0.538. The first-order valence-electron chi connectivity index (χ1n) is 6.73. The van der Waals surface area contributed by atoms with Gasteiger partial charge in [-0.05, 0) is 19.2 Å². The van der Waals surface area contributed by atoms with E-state index >= 15 is 0 Å². The molecule has 0 aliphatic carbocycles. The molecule has 22 heavy (non-hydrogen) atoms. The molecule has 0 radical (unpaired) electrons. The molecular formula is C16H16ClNO4. The average molecular weight is 322 g/mol. The summed E-state index contributed by atoms with van der Waals surface area (Å²) < 4.78 is 22.3. The highest BCUT2D eigenvalue weighted by molar-refractivity contribution is 6.31. The first-order chi connectivity index (χ1) is 10.7. The van der Waals surface area contributed by atoms with Crippen LogP contribution in [0.1, 0.15) is 0 Å². The monoisotopic (exact) mass is 321 g/mol. The van der Waals surface area contributed by atoms with E-state index in [0.29, 0.717) is 28.0 Å². The number of nitrogens with one attached hydrogen (secondary N) is 1. The minimum absolute atomic E-state index is 0.538. The third kappa shape index (κ3) is 2.42. The molecule has 0 fully saturated rings. The Bertz CT molecular complexity index is 705. The van der Waals surface area contributed by atoms with Crippen LogP contribution in [0.25, 0.3) is 11.1 Å². The normalized spacial score (nSPS) is 15.7. The highest BCUT2D eigenvalue weighted by atomic mass is 35.5. The van der Waals surface area contributed by atoms with Gasteiger partial charge >= 0.3 is 6.41 Å². The van der Waals surface area contributed by atoms with Gasteiger partial charge in [-0.15, -0.1) is 0 Å². The van der Waals surface area contributed by atoms with Crippen LogP contribution < -0.4 is 24.3 Å². The standard InChI is InChI=1S/C16H16ClNO4/c1-18-16-21-13-8-9(17)7-11(15(13)22-16)10-5-4-6-12(19-2)14(10)20-3/h4-8,16,18H,1-3H3. The number of rotatable bonds is 4. The van der Waals surface area contributed by atoms with E-state index in [1.807, 2.05) is 24.3 Å². The zero-order valence-corrected chi connectivity index (χ0v) is 13.2. The van der Waals surface area contributed by atoms with Gasteiger partial charge in [-0.2, -0.15) is 0 Å². The summed E-state index contributed by atoms with van der Waals surface area (Å²) in [5.74, 6) is 2.46. The van der Waals surface area contributed by atoms with Gasteiger partial charge in [0.05, 0.1) is 14.2 Å². The van der Waals surface area contributed by atoms with Crippen LogP contribution in [-0.4, -0.2) is 27.7 Å². The second kappa shape index (κ2) is 5.94. The molecule has 1 aliphatic rings. The van der Waals surface area contributed by atoms with Crippen molar-refractivity contribution in [2.24, 2.45) is 0 Å². The third-order valence-corrected chi connectivity index (χ3v) is 3.63. The van der Waals surface area contributed by atoms with Crippen LogP contribution in [0.3, 0.4) is 0 Å². The van der Waals surface area contributed by atoms with Gasteiger partial charge in [0, 0.05) is 22.2 Å². The predicted molar refractivity (Wildman–Crippen MR) is 84.1 cm³/mol. The summed E-state index contributed by atoms with van der Waals surface area (Å²) in [5.41, 5.74) is 1.61. The fourth-order valence-electron chi connectivity index (χ4n) is 2.44. The van der Waals surface area contributed by atoms with Crippen molar-refractivity contribution in [3.05, 3.63) is 35.4 Å². The first kappa shape index (κ1) is 14.8. The van der Waals surface area contributed by atoms with E-state index in [9.17, 15) is 0 Å². The molecule has 0 amide bonds. The molecule has 1 aliphatic heterocycles.